The molecule has 0 rings (SSSR count). The van der Waals surface area contributed by atoms with E-state index in [1.54, 1.807) is 0 Å². The molecule has 0 aliphatic heterocycles. The summed E-state index contributed by atoms with van der Waals surface area (Å²) in [5, 5.41) is 0.446. The largest absolute Gasteiger partial charge is 0.313 e. The molecule has 0 bridgehead atoms. The van der Waals surface area contributed by atoms with Gasteiger partial charge in [0.25, 0.3) is 0 Å². The molecule has 0 radical (unpaired) electrons. The second kappa shape index (κ2) is 7.63. The van der Waals surface area contributed by atoms with Gasteiger partial charge >= 0.3 is 0 Å². The summed E-state index contributed by atoms with van der Waals surface area (Å²) in [6.07, 6.45) is 0. The quantitative estimate of drug-likeness (QED) is 0.540. The third kappa shape index (κ3) is 5.00. The number of nitrogens with one attached hydrogen (secondary N) is 1. The zero-order chi connectivity index (χ0) is 14.4. The predicted molar refractivity (Wildman–Crippen MR) is 85.6 cm³/mol. The first-order valence-electron chi connectivity index (χ1n) is 7.50. The van der Waals surface area contributed by atoms with E-state index in [9.17, 15) is 0 Å². The van der Waals surface area contributed by atoms with Crippen molar-refractivity contribution in [3.8, 4) is 0 Å². The van der Waals surface area contributed by atoms with Gasteiger partial charge in [0.05, 0.1) is 0 Å². The van der Waals surface area contributed by atoms with Crippen molar-refractivity contribution in [1.29, 1.82) is 0 Å². The fraction of sp³-hybridized carbons (Fsp3) is 1.00. The number of hydrogen-bond acceptors (Lipinski definition) is 3. The van der Waals surface area contributed by atoms with Gasteiger partial charge in [-0.1, -0.05) is 48.5 Å². The van der Waals surface area contributed by atoms with Crippen LogP contribution in [0.2, 0.25) is 5.04 Å². The normalized spacial score (nSPS) is 14.3. The summed E-state index contributed by atoms with van der Waals surface area (Å²) in [7, 11) is -0.311. The topological polar surface area (TPSA) is 18.5 Å². The number of nitrogens with zero attached hydrogens (tertiary/aromatic N) is 2. The van der Waals surface area contributed by atoms with Gasteiger partial charge in [0, 0.05) is 0 Å². The van der Waals surface area contributed by atoms with Crippen LogP contribution in [-0.4, -0.2) is 51.4 Å². The second-order valence-corrected chi connectivity index (χ2v) is 9.11. The summed E-state index contributed by atoms with van der Waals surface area (Å²) in [4.78, 5) is 9.01. The minimum Gasteiger partial charge on any atom is -0.313 e. The summed E-state index contributed by atoms with van der Waals surface area (Å²) < 4.78 is 0. The van der Waals surface area contributed by atoms with Crippen molar-refractivity contribution in [3.63, 3.8) is 0 Å². The Kier molecular flexibility index (Phi) is 7.67. The second-order valence-electron chi connectivity index (χ2n) is 6.28. The van der Waals surface area contributed by atoms with E-state index in [-0.39, 0.29) is 15.5 Å². The summed E-state index contributed by atoms with van der Waals surface area (Å²) in [6.45, 7) is 22.8. The first kappa shape index (κ1) is 18.1. The highest BCUT2D eigenvalue weighted by molar-refractivity contribution is 6.36. The van der Waals surface area contributed by atoms with Crippen molar-refractivity contribution < 1.29 is 0 Å². The monoisotopic (exact) mass is 273 g/mol. The molecule has 1 N–H and O–H groups in total. The molecule has 0 fully saturated rings. The van der Waals surface area contributed by atoms with E-state index < -0.39 is 0 Å². The molecule has 0 aromatic carbocycles. The van der Waals surface area contributed by atoms with Crippen molar-refractivity contribution in [2.45, 2.75) is 66.2 Å². The number of rotatable bonds is 8. The third-order valence-corrected chi connectivity index (χ3v) is 5.62. The molecule has 0 saturated carbocycles. The van der Waals surface area contributed by atoms with Crippen molar-refractivity contribution in [1.82, 2.24) is 14.8 Å². The average molecular weight is 274 g/mol. The lowest BCUT2D eigenvalue weighted by molar-refractivity contribution is -0.0462. The van der Waals surface area contributed by atoms with Crippen molar-refractivity contribution >= 4 is 9.68 Å². The fourth-order valence-electron chi connectivity index (χ4n) is 2.53. The van der Waals surface area contributed by atoms with E-state index in [0.29, 0.717) is 5.04 Å². The van der Waals surface area contributed by atoms with Gasteiger partial charge in [0.2, 0.25) is 0 Å². The van der Waals surface area contributed by atoms with Crippen LogP contribution in [0.4, 0.5) is 0 Å². The zero-order valence-electron chi connectivity index (χ0n) is 13.9. The van der Waals surface area contributed by atoms with E-state index >= 15 is 0 Å². The first-order chi connectivity index (χ1) is 8.25. The lowest BCUT2D eigenvalue weighted by Gasteiger charge is -2.49. The maximum atomic E-state index is 3.93. The Morgan fingerprint density at radius 3 is 1.33 bits per heavy atom. The smallest absolute Gasteiger partial charge is 0.119 e. The van der Waals surface area contributed by atoms with E-state index in [0.717, 1.165) is 26.2 Å². The molecular weight excluding hydrogens is 238 g/mol. The summed E-state index contributed by atoms with van der Waals surface area (Å²) in [5.74, 6) is 0.0203. The predicted octanol–water partition coefficient (Wildman–Crippen LogP) is 2.24. The van der Waals surface area contributed by atoms with Gasteiger partial charge in [-0.3, -0.25) is 9.80 Å². The van der Waals surface area contributed by atoms with E-state index in [1.807, 2.05) is 0 Å². The summed E-state index contributed by atoms with van der Waals surface area (Å²) in [6, 6.07) is 0. The van der Waals surface area contributed by atoms with Crippen LogP contribution < -0.4 is 4.98 Å². The van der Waals surface area contributed by atoms with Gasteiger partial charge < -0.3 is 4.98 Å². The maximum Gasteiger partial charge on any atom is 0.119 e. The lowest BCUT2D eigenvalue weighted by atomic mass is 10.2. The Labute approximate surface area is 117 Å². The third-order valence-electron chi connectivity index (χ3n) is 3.71. The molecule has 4 heteroatoms. The van der Waals surface area contributed by atoms with Crippen LogP contribution in [0.1, 0.15) is 55.4 Å². The SMILES string of the molecule is CCN(CC)C(C)(N[SiH2]C(C)(C)C)N(CC)CC. The van der Waals surface area contributed by atoms with E-state index in [2.05, 4.69) is 70.2 Å². The zero-order valence-corrected chi connectivity index (χ0v) is 15.3. The highest BCUT2D eigenvalue weighted by Gasteiger charge is 2.35. The first-order valence-corrected chi connectivity index (χ1v) is 8.91. The fourth-order valence-corrected chi connectivity index (χ4v) is 3.85. The van der Waals surface area contributed by atoms with Crippen molar-refractivity contribution in [2.24, 2.45) is 0 Å². The molecule has 0 atom stereocenters. The molecule has 110 valence electrons. The molecule has 0 spiro atoms. The van der Waals surface area contributed by atoms with Crippen LogP contribution in [0.3, 0.4) is 0 Å². The maximum absolute atomic E-state index is 3.93. The molecule has 0 aliphatic carbocycles. The lowest BCUT2D eigenvalue weighted by Crippen LogP contribution is -2.68. The molecule has 0 amide bonds. The van der Waals surface area contributed by atoms with E-state index in [4.69, 9.17) is 0 Å². The van der Waals surface area contributed by atoms with Gasteiger partial charge in [-0.2, -0.15) is 0 Å². The van der Waals surface area contributed by atoms with Crippen LogP contribution in [0.15, 0.2) is 0 Å². The molecular formula is C14H35N3Si. The van der Waals surface area contributed by atoms with Gasteiger partial charge in [0.15, 0.2) is 0 Å². The number of hydrogen-bond donors (Lipinski definition) is 1. The van der Waals surface area contributed by atoms with Crippen LogP contribution in [0.25, 0.3) is 0 Å². The molecule has 0 unspecified atom stereocenters. The van der Waals surface area contributed by atoms with Crippen LogP contribution in [0, 0.1) is 0 Å². The average Bonchev–Trinajstić information content (AvgIpc) is 2.29. The highest BCUT2D eigenvalue weighted by Crippen LogP contribution is 2.23. The van der Waals surface area contributed by atoms with Gasteiger partial charge in [-0.05, 0) is 38.1 Å². The van der Waals surface area contributed by atoms with Crippen molar-refractivity contribution in [3.05, 3.63) is 0 Å². The Morgan fingerprint density at radius 1 is 0.778 bits per heavy atom. The van der Waals surface area contributed by atoms with Crippen molar-refractivity contribution in [2.75, 3.05) is 26.2 Å². The van der Waals surface area contributed by atoms with Crippen LogP contribution >= 0.6 is 0 Å². The minimum absolute atomic E-state index is 0.0203. The summed E-state index contributed by atoms with van der Waals surface area (Å²) >= 11 is 0. The van der Waals surface area contributed by atoms with E-state index in [1.165, 1.54) is 0 Å². The molecule has 0 aromatic heterocycles. The molecule has 0 aromatic rings. The van der Waals surface area contributed by atoms with Gasteiger partial charge in [-0.15, -0.1) is 0 Å². The Morgan fingerprint density at radius 2 is 1.11 bits per heavy atom. The minimum atomic E-state index is -0.311. The van der Waals surface area contributed by atoms with Crippen LogP contribution in [-0.2, 0) is 0 Å². The molecule has 0 aliphatic rings. The molecule has 3 nitrogen and oxygen atoms in total. The summed E-state index contributed by atoms with van der Waals surface area (Å²) in [5.41, 5.74) is 0. The molecule has 0 saturated heterocycles. The standard InChI is InChI=1S/C14H35N3Si/c1-9-16(10-2)14(8,17(11-3)12-4)15-18-13(5,6)7/h15H,9-12,18H2,1-8H3. The highest BCUT2D eigenvalue weighted by atomic mass is 28.2. The van der Waals surface area contributed by atoms with Gasteiger partial charge in [-0.25, -0.2) is 0 Å². The molecule has 18 heavy (non-hydrogen) atoms. The Hall–Kier alpha value is 0.0969. The van der Waals surface area contributed by atoms with Gasteiger partial charge in [0.1, 0.15) is 15.5 Å². The molecule has 0 heterocycles. The Balaban J connectivity index is 5.01. The van der Waals surface area contributed by atoms with Crippen LogP contribution in [0.5, 0.6) is 0 Å². The Bertz CT molecular complexity index is 206.